The van der Waals surface area contributed by atoms with E-state index in [1.807, 2.05) is 36.4 Å². The van der Waals surface area contributed by atoms with Gasteiger partial charge in [0, 0.05) is 16.0 Å². The molecular formula is C27H32N2O3S. The molecule has 1 aromatic heterocycles. The van der Waals surface area contributed by atoms with Gasteiger partial charge in [-0.3, -0.25) is 9.69 Å². The van der Waals surface area contributed by atoms with Gasteiger partial charge < -0.3 is 14.8 Å². The molecule has 2 aromatic carbocycles. The third-order valence-corrected chi connectivity index (χ3v) is 7.41. The van der Waals surface area contributed by atoms with E-state index in [1.54, 1.807) is 25.6 Å². The van der Waals surface area contributed by atoms with E-state index in [-0.39, 0.29) is 11.9 Å². The molecular weight excluding hydrogens is 432 g/mol. The van der Waals surface area contributed by atoms with Gasteiger partial charge in [-0.25, -0.2) is 0 Å². The highest BCUT2D eigenvalue weighted by Crippen LogP contribution is 2.42. The van der Waals surface area contributed by atoms with Crippen LogP contribution in [0.5, 0.6) is 11.5 Å². The minimum atomic E-state index is -0.0777. The zero-order chi connectivity index (χ0) is 23.2. The van der Waals surface area contributed by atoms with Crippen LogP contribution in [-0.2, 0) is 6.42 Å². The number of rotatable bonds is 8. The van der Waals surface area contributed by atoms with Gasteiger partial charge in [0.2, 0.25) is 0 Å². The monoisotopic (exact) mass is 464 g/mol. The number of piperidine rings is 1. The number of ether oxygens (including phenoxy) is 2. The molecule has 1 aliphatic rings. The molecule has 1 amide bonds. The topological polar surface area (TPSA) is 50.8 Å². The van der Waals surface area contributed by atoms with Crippen LogP contribution in [0.15, 0.2) is 54.6 Å². The molecule has 1 saturated heterocycles. The van der Waals surface area contributed by atoms with E-state index in [4.69, 9.17) is 9.47 Å². The van der Waals surface area contributed by atoms with E-state index < -0.39 is 0 Å². The van der Waals surface area contributed by atoms with E-state index in [9.17, 15) is 4.79 Å². The lowest BCUT2D eigenvalue weighted by Gasteiger charge is -2.35. The van der Waals surface area contributed by atoms with Crippen molar-refractivity contribution in [3.63, 3.8) is 0 Å². The van der Waals surface area contributed by atoms with Crippen LogP contribution in [0.4, 0.5) is 5.00 Å². The molecule has 0 bridgehead atoms. The van der Waals surface area contributed by atoms with Gasteiger partial charge in [-0.2, -0.15) is 0 Å². The average molecular weight is 465 g/mol. The first-order chi connectivity index (χ1) is 16.1. The van der Waals surface area contributed by atoms with Gasteiger partial charge in [0.15, 0.2) is 11.5 Å². The summed E-state index contributed by atoms with van der Waals surface area (Å²) in [5.41, 5.74) is 2.95. The van der Waals surface area contributed by atoms with Crippen LogP contribution in [0.2, 0.25) is 0 Å². The summed E-state index contributed by atoms with van der Waals surface area (Å²) in [6.45, 7) is 4.22. The van der Waals surface area contributed by atoms with Gasteiger partial charge in [-0.15, -0.1) is 11.3 Å². The van der Waals surface area contributed by atoms with E-state index in [0.29, 0.717) is 5.56 Å². The number of carbonyl (C=O) groups is 1. The molecule has 1 fully saturated rings. The normalized spacial score (nSPS) is 15.1. The van der Waals surface area contributed by atoms with E-state index in [2.05, 4.69) is 35.3 Å². The molecule has 0 spiro atoms. The summed E-state index contributed by atoms with van der Waals surface area (Å²) in [6, 6.07) is 17.9. The minimum Gasteiger partial charge on any atom is -0.493 e. The highest BCUT2D eigenvalue weighted by atomic mass is 32.1. The van der Waals surface area contributed by atoms with Crippen molar-refractivity contribution in [2.24, 2.45) is 0 Å². The third-order valence-electron chi connectivity index (χ3n) is 6.20. The Balaban J connectivity index is 1.77. The lowest BCUT2D eigenvalue weighted by Crippen LogP contribution is -2.34. The molecule has 0 saturated carbocycles. The van der Waals surface area contributed by atoms with Crippen molar-refractivity contribution in [1.82, 2.24) is 4.90 Å². The smallest absolute Gasteiger partial charge is 0.256 e. The van der Waals surface area contributed by atoms with Crippen molar-refractivity contribution in [3.8, 4) is 11.5 Å². The molecule has 1 aliphatic heterocycles. The molecule has 1 unspecified atom stereocenters. The summed E-state index contributed by atoms with van der Waals surface area (Å²) in [4.78, 5) is 16.8. The molecule has 0 aliphatic carbocycles. The number of amides is 1. The van der Waals surface area contributed by atoms with Crippen LogP contribution in [-0.4, -0.2) is 38.1 Å². The standard InChI is InChI=1S/C27H32N2O3S/c1-4-21-18-22(27(33-21)28-26(30)19-11-7-5-8-12-19)25(29-15-9-6-10-16-29)20-13-14-23(31-2)24(17-20)32-3/h5,7-8,11-14,17-18,25H,4,6,9-10,15-16H2,1-3H3,(H,28,30). The quantitative estimate of drug-likeness (QED) is 0.434. The van der Waals surface area contributed by atoms with Gasteiger partial charge >= 0.3 is 0 Å². The number of carbonyl (C=O) groups excluding carboxylic acids is 1. The van der Waals surface area contributed by atoms with E-state index in [1.165, 1.54) is 24.1 Å². The molecule has 174 valence electrons. The maximum absolute atomic E-state index is 13.0. The molecule has 5 nitrogen and oxygen atoms in total. The number of hydrogen-bond donors (Lipinski definition) is 1. The first-order valence-corrected chi connectivity index (χ1v) is 12.4. The summed E-state index contributed by atoms with van der Waals surface area (Å²) in [6.07, 6.45) is 4.55. The van der Waals surface area contributed by atoms with Crippen molar-refractivity contribution in [2.75, 3.05) is 32.6 Å². The first-order valence-electron chi connectivity index (χ1n) is 11.6. The fourth-order valence-electron chi connectivity index (χ4n) is 4.48. The Hall–Kier alpha value is -2.83. The van der Waals surface area contributed by atoms with Crippen LogP contribution in [0.3, 0.4) is 0 Å². The molecule has 3 aromatic rings. The van der Waals surface area contributed by atoms with Crippen molar-refractivity contribution in [1.29, 1.82) is 0 Å². The molecule has 4 rings (SSSR count). The van der Waals surface area contributed by atoms with Gasteiger partial charge in [0.05, 0.1) is 20.3 Å². The van der Waals surface area contributed by atoms with E-state index >= 15 is 0 Å². The maximum Gasteiger partial charge on any atom is 0.256 e. The summed E-state index contributed by atoms with van der Waals surface area (Å²) >= 11 is 1.67. The zero-order valence-corrected chi connectivity index (χ0v) is 20.4. The van der Waals surface area contributed by atoms with Crippen LogP contribution in [0, 0.1) is 0 Å². The second-order valence-electron chi connectivity index (χ2n) is 8.28. The molecule has 2 heterocycles. The second-order valence-corrected chi connectivity index (χ2v) is 9.42. The number of methoxy groups -OCH3 is 2. The van der Waals surface area contributed by atoms with Crippen molar-refractivity contribution >= 4 is 22.2 Å². The van der Waals surface area contributed by atoms with Crippen LogP contribution >= 0.6 is 11.3 Å². The van der Waals surface area contributed by atoms with Crippen molar-refractivity contribution < 1.29 is 14.3 Å². The maximum atomic E-state index is 13.0. The van der Waals surface area contributed by atoms with Gasteiger partial charge in [0.25, 0.3) is 5.91 Å². The van der Waals surface area contributed by atoms with Gasteiger partial charge in [-0.1, -0.05) is 37.6 Å². The summed E-state index contributed by atoms with van der Waals surface area (Å²) in [5.74, 6) is 1.36. The largest absolute Gasteiger partial charge is 0.493 e. The number of anilines is 1. The summed E-state index contributed by atoms with van der Waals surface area (Å²) in [7, 11) is 3.33. The number of likely N-dealkylation sites (tertiary alicyclic amines) is 1. The van der Waals surface area contributed by atoms with Crippen molar-refractivity contribution in [3.05, 3.63) is 76.2 Å². The van der Waals surface area contributed by atoms with Gasteiger partial charge in [0.1, 0.15) is 5.00 Å². The summed E-state index contributed by atoms with van der Waals surface area (Å²) < 4.78 is 11.1. The number of aryl methyl sites for hydroxylation is 1. The minimum absolute atomic E-state index is 0.0349. The Kier molecular flexibility index (Phi) is 7.68. The fraction of sp³-hybridized carbons (Fsp3) is 0.370. The number of thiophene rings is 1. The Morgan fingerprint density at radius 1 is 1.00 bits per heavy atom. The zero-order valence-electron chi connectivity index (χ0n) is 19.6. The number of nitrogens with zero attached hydrogens (tertiary/aromatic N) is 1. The van der Waals surface area contributed by atoms with E-state index in [0.717, 1.165) is 47.1 Å². The van der Waals surface area contributed by atoms with Gasteiger partial charge in [-0.05, 0) is 68.2 Å². The Labute approximate surface area is 200 Å². The number of benzene rings is 2. The van der Waals surface area contributed by atoms with Crippen LogP contribution < -0.4 is 14.8 Å². The molecule has 6 heteroatoms. The van der Waals surface area contributed by atoms with Crippen LogP contribution in [0.25, 0.3) is 0 Å². The Bertz CT molecular complexity index is 1070. The predicted octanol–water partition coefficient (Wildman–Crippen LogP) is 6.16. The molecule has 33 heavy (non-hydrogen) atoms. The average Bonchev–Trinajstić information content (AvgIpc) is 3.27. The predicted molar refractivity (Wildman–Crippen MR) is 135 cm³/mol. The summed E-state index contributed by atoms with van der Waals surface area (Å²) in [5, 5.41) is 4.14. The molecule has 0 radical (unpaired) electrons. The number of hydrogen-bond acceptors (Lipinski definition) is 5. The highest BCUT2D eigenvalue weighted by Gasteiger charge is 2.29. The van der Waals surface area contributed by atoms with Crippen LogP contribution in [0.1, 0.15) is 58.6 Å². The fourth-order valence-corrected chi connectivity index (χ4v) is 5.51. The first kappa shape index (κ1) is 23.3. The molecule has 1 atom stereocenters. The highest BCUT2D eigenvalue weighted by molar-refractivity contribution is 7.16. The molecule has 1 N–H and O–H groups in total. The lowest BCUT2D eigenvalue weighted by molar-refractivity contribution is 0.102. The Morgan fingerprint density at radius 2 is 1.73 bits per heavy atom. The van der Waals surface area contributed by atoms with Crippen molar-refractivity contribution in [2.45, 2.75) is 38.6 Å². The number of nitrogens with one attached hydrogen (secondary N) is 1. The Morgan fingerprint density at radius 3 is 2.39 bits per heavy atom. The third kappa shape index (κ3) is 5.23. The second kappa shape index (κ2) is 10.9. The lowest BCUT2D eigenvalue weighted by atomic mass is 9.95. The SMILES string of the molecule is CCc1cc(C(c2ccc(OC)c(OC)c2)N2CCCCC2)c(NC(=O)c2ccccc2)s1.